The van der Waals surface area contributed by atoms with Crippen molar-refractivity contribution in [1.29, 1.82) is 0 Å². The number of ether oxygens (including phenoxy) is 2. The number of alkyl halides is 3. The highest BCUT2D eigenvalue weighted by atomic mass is 19.4. The van der Waals surface area contributed by atoms with Crippen molar-refractivity contribution >= 4 is 11.9 Å². The Kier molecular flexibility index (Phi) is 4.95. The Bertz CT molecular complexity index is 502. The fourth-order valence-corrected chi connectivity index (χ4v) is 1.50. The lowest BCUT2D eigenvalue weighted by molar-refractivity contribution is -0.175. The summed E-state index contributed by atoms with van der Waals surface area (Å²) in [6.45, 7) is 0. The minimum Gasteiger partial charge on any atom is -0.496 e. The molecular formula is C12H12F3NO4. The summed E-state index contributed by atoms with van der Waals surface area (Å²) in [5, 5.41) is 1.58. The van der Waals surface area contributed by atoms with Crippen LogP contribution in [0.1, 0.15) is 11.6 Å². The number of esters is 1. The SMILES string of the molecule is COC(=O)C(NC(=O)C(F)(F)F)c1ccccc1OC. The quantitative estimate of drug-likeness (QED) is 0.856. The highest BCUT2D eigenvalue weighted by Crippen LogP contribution is 2.27. The number of benzene rings is 1. The zero-order valence-corrected chi connectivity index (χ0v) is 10.7. The third-order valence-electron chi connectivity index (χ3n) is 2.42. The van der Waals surface area contributed by atoms with Gasteiger partial charge < -0.3 is 14.8 Å². The molecule has 0 spiro atoms. The molecule has 0 saturated heterocycles. The summed E-state index contributed by atoms with van der Waals surface area (Å²) in [6, 6.07) is 4.27. The monoisotopic (exact) mass is 291 g/mol. The van der Waals surface area contributed by atoms with E-state index in [0.717, 1.165) is 7.11 Å². The largest absolute Gasteiger partial charge is 0.496 e. The predicted octanol–water partition coefficient (Wildman–Crippen LogP) is 1.59. The topological polar surface area (TPSA) is 64.6 Å². The molecule has 0 aromatic heterocycles. The lowest BCUT2D eigenvalue weighted by atomic mass is 10.1. The van der Waals surface area contributed by atoms with Gasteiger partial charge in [0.25, 0.3) is 0 Å². The second-order valence-corrected chi connectivity index (χ2v) is 3.67. The molecule has 0 bridgehead atoms. The Morgan fingerprint density at radius 1 is 1.20 bits per heavy atom. The van der Waals surface area contributed by atoms with Crippen LogP contribution in [0.3, 0.4) is 0 Å². The van der Waals surface area contributed by atoms with Crippen LogP contribution in [0.15, 0.2) is 24.3 Å². The van der Waals surface area contributed by atoms with Crippen LogP contribution >= 0.6 is 0 Å². The lowest BCUT2D eigenvalue weighted by Crippen LogP contribution is -2.42. The van der Waals surface area contributed by atoms with Crippen molar-refractivity contribution in [2.45, 2.75) is 12.2 Å². The average molecular weight is 291 g/mol. The fraction of sp³-hybridized carbons (Fsp3) is 0.333. The zero-order chi connectivity index (χ0) is 15.3. The molecular weight excluding hydrogens is 279 g/mol. The summed E-state index contributed by atoms with van der Waals surface area (Å²) in [5.74, 6) is -3.11. The first kappa shape index (κ1) is 15.8. The summed E-state index contributed by atoms with van der Waals surface area (Å²) in [6.07, 6.45) is -5.10. The summed E-state index contributed by atoms with van der Waals surface area (Å²) in [7, 11) is 2.29. The molecule has 20 heavy (non-hydrogen) atoms. The van der Waals surface area contributed by atoms with Gasteiger partial charge in [-0.1, -0.05) is 18.2 Å². The molecule has 1 rings (SSSR count). The maximum Gasteiger partial charge on any atom is 0.471 e. The molecule has 1 amide bonds. The van der Waals surface area contributed by atoms with Crippen LogP contribution < -0.4 is 10.1 Å². The highest BCUT2D eigenvalue weighted by molar-refractivity contribution is 5.88. The Balaban J connectivity index is 3.13. The van der Waals surface area contributed by atoms with Crippen molar-refractivity contribution in [2.24, 2.45) is 0 Å². The normalized spacial score (nSPS) is 12.4. The van der Waals surface area contributed by atoms with Crippen molar-refractivity contribution in [2.75, 3.05) is 14.2 Å². The predicted molar refractivity (Wildman–Crippen MR) is 61.9 cm³/mol. The molecule has 1 unspecified atom stereocenters. The number of nitrogens with one attached hydrogen (secondary N) is 1. The van der Waals surface area contributed by atoms with Crippen molar-refractivity contribution in [1.82, 2.24) is 5.32 Å². The van der Waals surface area contributed by atoms with Gasteiger partial charge in [-0.25, -0.2) is 4.79 Å². The minimum atomic E-state index is -5.10. The van der Waals surface area contributed by atoms with Gasteiger partial charge >= 0.3 is 18.1 Å². The van der Waals surface area contributed by atoms with Crippen molar-refractivity contribution in [3.05, 3.63) is 29.8 Å². The number of halogens is 3. The molecule has 0 aliphatic rings. The number of hydrogen-bond acceptors (Lipinski definition) is 4. The van der Waals surface area contributed by atoms with Crippen molar-refractivity contribution < 1.29 is 32.2 Å². The number of carbonyl (C=O) groups is 2. The van der Waals surface area contributed by atoms with Crippen LogP contribution in [0, 0.1) is 0 Å². The number of methoxy groups -OCH3 is 2. The molecule has 0 aliphatic carbocycles. The Morgan fingerprint density at radius 3 is 2.30 bits per heavy atom. The average Bonchev–Trinajstić information content (AvgIpc) is 2.42. The van der Waals surface area contributed by atoms with Crippen LogP contribution in [0.4, 0.5) is 13.2 Å². The first-order valence-corrected chi connectivity index (χ1v) is 5.39. The summed E-state index contributed by atoms with van der Waals surface area (Å²) < 4.78 is 46.2. The Hall–Kier alpha value is -2.25. The van der Waals surface area contributed by atoms with Crippen LogP contribution in [-0.2, 0) is 14.3 Å². The summed E-state index contributed by atoms with van der Waals surface area (Å²) in [4.78, 5) is 22.6. The molecule has 0 fully saturated rings. The van der Waals surface area contributed by atoms with Gasteiger partial charge in [-0.2, -0.15) is 13.2 Å². The first-order valence-electron chi connectivity index (χ1n) is 5.39. The molecule has 0 radical (unpaired) electrons. The molecule has 0 saturated carbocycles. The van der Waals surface area contributed by atoms with Crippen molar-refractivity contribution in [3.63, 3.8) is 0 Å². The van der Waals surface area contributed by atoms with Gasteiger partial charge in [-0.3, -0.25) is 4.79 Å². The fourth-order valence-electron chi connectivity index (χ4n) is 1.50. The molecule has 1 atom stereocenters. The van der Waals surface area contributed by atoms with Crippen LogP contribution in [0.2, 0.25) is 0 Å². The van der Waals surface area contributed by atoms with E-state index in [-0.39, 0.29) is 11.3 Å². The van der Waals surface area contributed by atoms with Gasteiger partial charge in [-0.15, -0.1) is 0 Å². The molecule has 1 aromatic carbocycles. The summed E-state index contributed by atoms with van der Waals surface area (Å²) >= 11 is 0. The highest BCUT2D eigenvalue weighted by Gasteiger charge is 2.41. The molecule has 1 N–H and O–H groups in total. The second-order valence-electron chi connectivity index (χ2n) is 3.67. The smallest absolute Gasteiger partial charge is 0.471 e. The van der Waals surface area contributed by atoms with Crippen LogP contribution in [0.5, 0.6) is 5.75 Å². The number of para-hydroxylation sites is 1. The van der Waals surface area contributed by atoms with E-state index in [0.29, 0.717) is 0 Å². The van der Waals surface area contributed by atoms with Gasteiger partial charge in [-0.05, 0) is 6.07 Å². The van der Waals surface area contributed by atoms with Gasteiger partial charge in [0, 0.05) is 5.56 Å². The second kappa shape index (κ2) is 6.27. The molecule has 0 aliphatic heterocycles. The number of amides is 1. The number of hydrogen-bond donors (Lipinski definition) is 1. The van der Waals surface area contributed by atoms with E-state index in [9.17, 15) is 22.8 Å². The van der Waals surface area contributed by atoms with Crippen LogP contribution in [-0.4, -0.2) is 32.3 Å². The molecule has 110 valence electrons. The standard InChI is InChI=1S/C12H12F3NO4/c1-19-8-6-4-3-5-7(8)9(10(17)20-2)16-11(18)12(13,14)15/h3-6,9H,1-2H3,(H,16,18). The van der Waals surface area contributed by atoms with E-state index >= 15 is 0 Å². The van der Waals surface area contributed by atoms with Gasteiger partial charge in [0.2, 0.25) is 0 Å². The van der Waals surface area contributed by atoms with Gasteiger partial charge in [0.15, 0.2) is 6.04 Å². The Labute approximate surface area is 112 Å². The minimum absolute atomic E-state index is 0.0689. The maximum atomic E-state index is 12.3. The van der Waals surface area contributed by atoms with E-state index in [1.807, 2.05) is 0 Å². The third kappa shape index (κ3) is 3.62. The van der Waals surface area contributed by atoms with E-state index in [1.165, 1.54) is 25.3 Å². The molecule has 5 nitrogen and oxygen atoms in total. The maximum absolute atomic E-state index is 12.3. The zero-order valence-electron chi connectivity index (χ0n) is 10.7. The number of carbonyl (C=O) groups excluding carboxylic acids is 2. The molecule has 8 heteroatoms. The van der Waals surface area contributed by atoms with E-state index in [2.05, 4.69) is 4.74 Å². The lowest BCUT2D eigenvalue weighted by Gasteiger charge is -2.19. The summed E-state index contributed by atoms with van der Waals surface area (Å²) in [5.41, 5.74) is 0.0689. The number of rotatable bonds is 4. The van der Waals surface area contributed by atoms with E-state index in [1.54, 1.807) is 11.4 Å². The van der Waals surface area contributed by atoms with Crippen molar-refractivity contribution in [3.8, 4) is 5.75 Å². The molecule has 1 aromatic rings. The van der Waals surface area contributed by atoms with Crippen LogP contribution in [0.25, 0.3) is 0 Å². The molecule has 0 heterocycles. The Morgan fingerprint density at radius 2 is 1.80 bits per heavy atom. The van der Waals surface area contributed by atoms with E-state index < -0.39 is 24.1 Å². The third-order valence-corrected chi connectivity index (χ3v) is 2.42. The van der Waals surface area contributed by atoms with E-state index in [4.69, 9.17) is 4.74 Å². The first-order chi connectivity index (χ1) is 9.31. The van der Waals surface area contributed by atoms with Gasteiger partial charge in [0.05, 0.1) is 14.2 Å². The van der Waals surface area contributed by atoms with Gasteiger partial charge in [0.1, 0.15) is 5.75 Å².